The first kappa shape index (κ1) is 16.6. The van der Waals surface area contributed by atoms with Crippen molar-refractivity contribution in [2.75, 3.05) is 18.5 Å². The number of ether oxygens (including phenoxy) is 2. The molecule has 7 heteroatoms. The van der Waals surface area contributed by atoms with E-state index < -0.39 is 12.0 Å². The normalized spacial score (nSPS) is 18.9. The van der Waals surface area contributed by atoms with E-state index in [1.165, 1.54) is 12.1 Å². The number of rotatable bonds is 5. The van der Waals surface area contributed by atoms with Crippen LogP contribution in [0.5, 0.6) is 5.75 Å². The van der Waals surface area contributed by atoms with Crippen molar-refractivity contribution in [3.63, 3.8) is 0 Å². The molecule has 0 bridgehead atoms. The summed E-state index contributed by atoms with van der Waals surface area (Å²) in [5.74, 6) is 0.561. The minimum Gasteiger partial charge on any atom is -0.488 e. The van der Waals surface area contributed by atoms with Crippen LogP contribution in [-0.4, -0.2) is 34.4 Å². The van der Waals surface area contributed by atoms with Gasteiger partial charge in [-0.1, -0.05) is 0 Å². The number of aliphatic hydroxyl groups excluding tert-OH is 1. The van der Waals surface area contributed by atoms with Crippen LogP contribution in [0.25, 0.3) is 0 Å². The second-order valence-electron chi connectivity index (χ2n) is 5.73. The molecule has 1 aliphatic heterocycles. The molecule has 1 saturated heterocycles. The van der Waals surface area contributed by atoms with Crippen molar-refractivity contribution in [2.24, 2.45) is 0 Å². The summed E-state index contributed by atoms with van der Waals surface area (Å²) in [6.45, 7) is 3.17. The molecule has 128 valence electrons. The molecular weight excluding hydrogens is 313 g/mol. The number of aliphatic hydroxyl groups is 1. The molecule has 2 unspecified atom stereocenters. The van der Waals surface area contributed by atoms with Gasteiger partial charge >= 0.3 is 0 Å². The molecular formula is C17H20FN3O3. The molecule has 1 aliphatic rings. The summed E-state index contributed by atoms with van der Waals surface area (Å²) in [4.78, 5) is 8.18. The van der Waals surface area contributed by atoms with E-state index in [-0.39, 0.29) is 6.10 Å². The molecule has 3 rings (SSSR count). The van der Waals surface area contributed by atoms with E-state index in [1.807, 2.05) is 13.0 Å². The van der Waals surface area contributed by atoms with Crippen LogP contribution in [0.4, 0.5) is 10.2 Å². The van der Waals surface area contributed by atoms with Crippen LogP contribution >= 0.6 is 0 Å². The van der Waals surface area contributed by atoms with E-state index in [9.17, 15) is 9.50 Å². The van der Waals surface area contributed by atoms with Crippen LogP contribution in [0, 0.1) is 12.7 Å². The molecule has 2 atom stereocenters. The van der Waals surface area contributed by atoms with E-state index in [4.69, 9.17) is 9.47 Å². The van der Waals surface area contributed by atoms with Gasteiger partial charge in [0.15, 0.2) is 6.23 Å². The van der Waals surface area contributed by atoms with Gasteiger partial charge in [-0.25, -0.2) is 9.37 Å². The SMILES string of the molecule is Cc1cc(OC2CCCOC2)cc(C(O)Nc2ccc(F)cn2)n1. The van der Waals surface area contributed by atoms with Crippen molar-refractivity contribution < 1.29 is 19.0 Å². The summed E-state index contributed by atoms with van der Waals surface area (Å²) in [5, 5.41) is 13.1. The Hall–Kier alpha value is -2.25. The number of hydrogen-bond donors (Lipinski definition) is 2. The first-order chi connectivity index (χ1) is 11.6. The molecule has 0 aromatic carbocycles. The molecule has 3 heterocycles. The highest BCUT2D eigenvalue weighted by molar-refractivity contribution is 5.37. The Kier molecular flexibility index (Phi) is 5.22. The van der Waals surface area contributed by atoms with Gasteiger partial charge in [-0.15, -0.1) is 0 Å². The molecule has 0 radical (unpaired) electrons. The third-order valence-electron chi connectivity index (χ3n) is 3.66. The van der Waals surface area contributed by atoms with Crippen LogP contribution in [0.1, 0.15) is 30.5 Å². The highest BCUT2D eigenvalue weighted by Gasteiger charge is 2.17. The van der Waals surface area contributed by atoms with Gasteiger partial charge in [0.05, 0.1) is 18.5 Å². The fourth-order valence-electron chi connectivity index (χ4n) is 2.54. The fourth-order valence-corrected chi connectivity index (χ4v) is 2.54. The molecule has 2 aromatic rings. The maximum Gasteiger partial charge on any atom is 0.169 e. The van der Waals surface area contributed by atoms with Crippen LogP contribution in [0.15, 0.2) is 30.5 Å². The third-order valence-corrected chi connectivity index (χ3v) is 3.66. The van der Waals surface area contributed by atoms with Crippen LogP contribution < -0.4 is 10.1 Å². The monoisotopic (exact) mass is 333 g/mol. The smallest absolute Gasteiger partial charge is 0.169 e. The van der Waals surface area contributed by atoms with Crippen molar-refractivity contribution in [1.29, 1.82) is 0 Å². The van der Waals surface area contributed by atoms with Crippen molar-refractivity contribution in [1.82, 2.24) is 9.97 Å². The summed E-state index contributed by atoms with van der Waals surface area (Å²) < 4.78 is 24.2. The Morgan fingerprint density at radius 3 is 3.00 bits per heavy atom. The standard InChI is InChI=1S/C17H20FN3O3/c1-11-7-14(24-13-3-2-6-23-10-13)8-15(20-11)17(22)21-16-5-4-12(18)9-19-16/h4-5,7-9,13,17,22H,2-3,6,10H2,1H3,(H,19,21). The van der Waals surface area contributed by atoms with Gasteiger partial charge in [0, 0.05) is 24.4 Å². The van der Waals surface area contributed by atoms with Crippen molar-refractivity contribution in [2.45, 2.75) is 32.1 Å². The molecule has 0 amide bonds. The molecule has 0 aliphatic carbocycles. The zero-order valence-corrected chi connectivity index (χ0v) is 13.4. The predicted molar refractivity (Wildman–Crippen MR) is 86.2 cm³/mol. The quantitative estimate of drug-likeness (QED) is 0.819. The Morgan fingerprint density at radius 2 is 2.29 bits per heavy atom. The van der Waals surface area contributed by atoms with Gasteiger partial charge in [0.25, 0.3) is 0 Å². The Labute approximate surface area is 139 Å². The number of anilines is 1. The van der Waals surface area contributed by atoms with Gasteiger partial charge in [-0.05, 0) is 31.9 Å². The lowest BCUT2D eigenvalue weighted by Crippen LogP contribution is -2.28. The van der Waals surface area contributed by atoms with Gasteiger partial charge in [-0.3, -0.25) is 4.98 Å². The Balaban J connectivity index is 1.70. The summed E-state index contributed by atoms with van der Waals surface area (Å²) in [6, 6.07) is 6.22. The molecule has 6 nitrogen and oxygen atoms in total. The summed E-state index contributed by atoms with van der Waals surface area (Å²) in [5.41, 5.74) is 1.14. The minimum atomic E-state index is -1.08. The second kappa shape index (κ2) is 7.55. The van der Waals surface area contributed by atoms with E-state index in [1.54, 1.807) is 6.07 Å². The number of halogens is 1. The average Bonchev–Trinajstić information content (AvgIpc) is 2.57. The Bertz CT molecular complexity index is 675. The lowest BCUT2D eigenvalue weighted by molar-refractivity contribution is 0.00725. The number of aryl methyl sites for hydroxylation is 1. The lowest BCUT2D eigenvalue weighted by atomic mass is 10.2. The number of aromatic nitrogens is 2. The second-order valence-corrected chi connectivity index (χ2v) is 5.73. The van der Waals surface area contributed by atoms with E-state index in [2.05, 4.69) is 15.3 Å². The van der Waals surface area contributed by atoms with Gasteiger partial charge in [-0.2, -0.15) is 0 Å². The highest BCUT2D eigenvalue weighted by Crippen LogP contribution is 2.23. The molecule has 2 N–H and O–H groups in total. The highest BCUT2D eigenvalue weighted by atomic mass is 19.1. The van der Waals surface area contributed by atoms with Crippen molar-refractivity contribution >= 4 is 5.82 Å². The maximum absolute atomic E-state index is 12.9. The van der Waals surface area contributed by atoms with Gasteiger partial charge in [0.1, 0.15) is 23.5 Å². The van der Waals surface area contributed by atoms with Crippen molar-refractivity contribution in [3.05, 3.63) is 47.7 Å². The van der Waals surface area contributed by atoms with Crippen LogP contribution in [0.3, 0.4) is 0 Å². The van der Waals surface area contributed by atoms with E-state index in [0.29, 0.717) is 23.9 Å². The molecule has 24 heavy (non-hydrogen) atoms. The van der Waals surface area contributed by atoms with Crippen molar-refractivity contribution in [3.8, 4) is 5.75 Å². The van der Waals surface area contributed by atoms with E-state index >= 15 is 0 Å². The summed E-state index contributed by atoms with van der Waals surface area (Å²) in [6.07, 6.45) is 1.93. The minimum absolute atomic E-state index is 0.0114. The first-order valence-electron chi connectivity index (χ1n) is 7.89. The number of hydrogen-bond acceptors (Lipinski definition) is 6. The van der Waals surface area contributed by atoms with E-state index in [0.717, 1.165) is 31.3 Å². The average molecular weight is 333 g/mol. The fraction of sp³-hybridized carbons (Fsp3) is 0.412. The summed E-state index contributed by atoms with van der Waals surface area (Å²) in [7, 11) is 0. The summed E-state index contributed by atoms with van der Waals surface area (Å²) >= 11 is 0. The van der Waals surface area contributed by atoms with Gasteiger partial charge in [0.2, 0.25) is 0 Å². The number of pyridine rings is 2. The van der Waals surface area contributed by atoms with Crippen LogP contribution in [0.2, 0.25) is 0 Å². The lowest BCUT2D eigenvalue weighted by Gasteiger charge is -2.24. The molecule has 2 aromatic heterocycles. The predicted octanol–water partition coefficient (Wildman–Crippen LogP) is 2.58. The third kappa shape index (κ3) is 4.39. The topological polar surface area (TPSA) is 76.5 Å². The molecule has 0 spiro atoms. The number of nitrogens with zero attached hydrogens (tertiary/aromatic N) is 2. The largest absolute Gasteiger partial charge is 0.488 e. The molecule has 1 fully saturated rings. The maximum atomic E-state index is 12.9. The van der Waals surface area contributed by atoms with Gasteiger partial charge < -0.3 is 19.9 Å². The zero-order valence-electron chi connectivity index (χ0n) is 13.4. The molecule has 0 saturated carbocycles. The zero-order chi connectivity index (χ0) is 16.9. The Morgan fingerprint density at radius 1 is 1.42 bits per heavy atom. The first-order valence-corrected chi connectivity index (χ1v) is 7.89. The van der Waals surface area contributed by atoms with Crippen LogP contribution in [-0.2, 0) is 4.74 Å². The number of nitrogens with one attached hydrogen (secondary N) is 1.